The summed E-state index contributed by atoms with van der Waals surface area (Å²) in [6, 6.07) is 17.0. The van der Waals surface area contributed by atoms with Crippen molar-refractivity contribution in [1.82, 2.24) is 0 Å². The number of fused-ring (bicyclic) bond motifs is 1. The van der Waals surface area contributed by atoms with Crippen LogP contribution < -0.4 is 9.64 Å². The summed E-state index contributed by atoms with van der Waals surface area (Å²) in [6.45, 7) is 0. The molecule has 1 aliphatic heterocycles. The van der Waals surface area contributed by atoms with Crippen molar-refractivity contribution in [1.29, 1.82) is 0 Å². The zero-order valence-electron chi connectivity index (χ0n) is 13.6. The lowest BCUT2D eigenvalue weighted by atomic mass is 10.1. The van der Waals surface area contributed by atoms with Crippen LogP contribution in [-0.4, -0.2) is 5.91 Å². The third kappa shape index (κ3) is 3.48. The van der Waals surface area contributed by atoms with E-state index >= 15 is 0 Å². The maximum Gasteiger partial charge on any atom is 0.263 e. The molecule has 0 fully saturated rings. The average Bonchev–Trinajstić information content (AvgIpc) is 3.00. The molecule has 3 aromatic carbocycles. The molecule has 1 aliphatic rings. The molecule has 3 nitrogen and oxygen atoms in total. The van der Waals surface area contributed by atoms with Crippen LogP contribution in [-0.2, 0) is 0 Å². The Bertz CT molecular complexity index is 1040. The molecule has 1 amide bonds. The quantitative estimate of drug-likeness (QED) is 0.429. The second-order valence-corrected chi connectivity index (χ2v) is 7.65. The number of hydrogen-bond donors (Lipinski definition) is 0. The molecule has 4 rings (SSSR count). The lowest BCUT2D eigenvalue weighted by Crippen LogP contribution is -2.33. The zero-order valence-corrected chi connectivity index (χ0v) is 16.7. The summed E-state index contributed by atoms with van der Waals surface area (Å²) in [7, 11) is 0. The third-order valence-corrected chi connectivity index (χ3v) is 5.22. The van der Waals surface area contributed by atoms with E-state index in [-0.39, 0.29) is 10.9 Å². The fraction of sp³-hybridized carbons (Fsp3) is 0.0500. The minimum absolute atomic E-state index is 0.262. The highest BCUT2D eigenvalue weighted by Crippen LogP contribution is 2.46. The first kappa shape index (κ1) is 18.5. The molecule has 0 N–H and O–H groups in total. The van der Waals surface area contributed by atoms with Crippen LogP contribution >= 0.6 is 46.4 Å². The highest BCUT2D eigenvalue weighted by molar-refractivity contribution is 6.37. The van der Waals surface area contributed by atoms with Crippen LogP contribution in [0, 0.1) is 0 Å². The van der Waals surface area contributed by atoms with Crippen molar-refractivity contribution in [2.45, 2.75) is 6.23 Å². The Labute approximate surface area is 176 Å². The third-order valence-electron chi connectivity index (χ3n) is 4.19. The Balaban J connectivity index is 1.83. The molecule has 0 saturated carbocycles. The summed E-state index contributed by atoms with van der Waals surface area (Å²) in [5.74, 6) is 0.232. The average molecular weight is 439 g/mol. The lowest BCUT2D eigenvalue weighted by Gasteiger charge is -2.24. The van der Waals surface area contributed by atoms with Gasteiger partial charge in [0.05, 0.1) is 16.3 Å². The van der Waals surface area contributed by atoms with Crippen LogP contribution in [0.1, 0.15) is 22.1 Å². The molecule has 0 aliphatic carbocycles. The van der Waals surface area contributed by atoms with Crippen molar-refractivity contribution >= 4 is 58.0 Å². The largest absolute Gasteiger partial charge is 0.464 e. The summed E-state index contributed by atoms with van der Waals surface area (Å²) in [4.78, 5) is 14.9. The minimum Gasteiger partial charge on any atom is -0.464 e. The first-order valence-electron chi connectivity index (χ1n) is 7.94. The standard InChI is InChI=1S/C20H11Cl4NO2/c21-12-3-1-11(2-4-12)20-25(17-10-14(23)6-8-18(17)27-20)19(26)15-7-5-13(22)9-16(15)24/h1-10,20H. The molecule has 3 aromatic rings. The summed E-state index contributed by atoms with van der Waals surface area (Å²) >= 11 is 24.4. The van der Waals surface area contributed by atoms with Crippen molar-refractivity contribution in [3.63, 3.8) is 0 Å². The number of hydrogen-bond acceptors (Lipinski definition) is 2. The van der Waals surface area contributed by atoms with E-state index in [0.29, 0.717) is 32.1 Å². The number of carbonyl (C=O) groups excluding carboxylic acids is 1. The zero-order chi connectivity index (χ0) is 19.1. The van der Waals surface area contributed by atoms with Crippen molar-refractivity contribution in [2.24, 2.45) is 0 Å². The second-order valence-electron chi connectivity index (χ2n) is 5.93. The van der Waals surface area contributed by atoms with E-state index in [9.17, 15) is 4.79 Å². The van der Waals surface area contributed by atoms with Gasteiger partial charge in [0, 0.05) is 20.6 Å². The van der Waals surface area contributed by atoms with Gasteiger partial charge in [0.25, 0.3) is 5.91 Å². The van der Waals surface area contributed by atoms with Gasteiger partial charge in [-0.15, -0.1) is 0 Å². The van der Waals surface area contributed by atoms with Gasteiger partial charge < -0.3 is 4.74 Å². The Morgan fingerprint density at radius 1 is 0.815 bits per heavy atom. The second kappa shape index (κ2) is 7.25. The van der Waals surface area contributed by atoms with E-state index in [1.165, 1.54) is 11.0 Å². The maximum atomic E-state index is 13.4. The molecule has 1 atom stereocenters. The van der Waals surface area contributed by atoms with Crippen LogP contribution in [0.4, 0.5) is 5.69 Å². The van der Waals surface area contributed by atoms with Gasteiger partial charge in [0.1, 0.15) is 5.75 Å². The Morgan fingerprint density at radius 2 is 1.44 bits per heavy atom. The van der Waals surface area contributed by atoms with Crippen LogP contribution in [0.25, 0.3) is 0 Å². The number of carbonyl (C=O) groups is 1. The SMILES string of the molecule is O=C(c1ccc(Cl)cc1Cl)N1c2cc(Cl)ccc2OC1c1ccc(Cl)cc1. The number of halogens is 4. The predicted octanol–water partition coefficient (Wildman–Crippen LogP) is 7.04. The van der Waals surface area contributed by atoms with E-state index in [1.54, 1.807) is 42.5 Å². The Hall–Kier alpha value is -1.91. The highest BCUT2D eigenvalue weighted by Gasteiger charge is 2.38. The van der Waals surface area contributed by atoms with Gasteiger partial charge in [-0.25, -0.2) is 0 Å². The monoisotopic (exact) mass is 437 g/mol. The van der Waals surface area contributed by atoms with E-state index in [4.69, 9.17) is 51.1 Å². The molecule has 136 valence electrons. The number of anilines is 1. The number of rotatable bonds is 2. The van der Waals surface area contributed by atoms with Crippen molar-refractivity contribution in [3.05, 3.63) is 91.9 Å². The molecule has 7 heteroatoms. The highest BCUT2D eigenvalue weighted by atomic mass is 35.5. The van der Waals surface area contributed by atoms with E-state index < -0.39 is 6.23 Å². The van der Waals surface area contributed by atoms with Crippen LogP contribution in [0.5, 0.6) is 5.75 Å². The molecule has 0 bridgehead atoms. The molecule has 0 saturated heterocycles. The van der Waals surface area contributed by atoms with Crippen molar-refractivity contribution in [2.75, 3.05) is 4.90 Å². The van der Waals surface area contributed by atoms with Gasteiger partial charge in [-0.3, -0.25) is 9.69 Å². The molecule has 0 aromatic heterocycles. The Kier molecular flexibility index (Phi) is 4.95. The summed E-state index contributed by atoms with van der Waals surface area (Å²) in [5.41, 5.74) is 1.65. The van der Waals surface area contributed by atoms with Crippen molar-refractivity contribution < 1.29 is 9.53 Å². The lowest BCUT2D eigenvalue weighted by molar-refractivity contribution is 0.0939. The molecule has 0 radical (unpaired) electrons. The fourth-order valence-electron chi connectivity index (χ4n) is 2.93. The molecule has 0 spiro atoms. The van der Waals surface area contributed by atoms with Gasteiger partial charge >= 0.3 is 0 Å². The van der Waals surface area contributed by atoms with Gasteiger partial charge in [-0.2, -0.15) is 0 Å². The summed E-state index contributed by atoms with van der Waals surface area (Å²) in [6.07, 6.45) is -0.671. The van der Waals surface area contributed by atoms with Crippen molar-refractivity contribution in [3.8, 4) is 5.75 Å². The van der Waals surface area contributed by atoms with E-state index in [0.717, 1.165) is 5.56 Å². The van der Waals surface area contributed by atoms with Gasteiger partial charge in [-0.05, 0) is 48.5 Å². The predicted molar refractivity (Wildman–Crippen MR) is 110 cm³/mol. The number of nitrogens with zero attached hydrogens (tertiary/aromatic N) is 1. The van der Waals surface area contributed by atoms with Gasteiger partial charge in [-0.1, -0.05) is 58.5 Å². The van der Waals surface area contributed by atoms with Crippen LogP contribution in [0.2, 0.25) is 20.1 Å². The molecule has 27 heavy (non-hydrogen) atoms. The number of ether oxygens (including phenoxy) is 1. The maximum absolute atomic E-state index is 13.4. The topological polar surface area (TPSA) is 29.5 Å². The molecule has 1 heterocycles. The summed E-state index contributed by atoms with van der Waals surface area (Å²) in [5, 5.41) is 1.80. The smallest absolute Gasteiger partial charge is 0.263 e. The first-order chi connectivity index (χ1) is 12.9. The van der Waals surface area contributed by atoms with Crippen LogP contribution in [0.15, 0.2) is 60.7 Å². The Morgan fingerprint density at radius 3 is 2.15 bits per heavy atom. The first-order valence-corrected chi connectivity index (χ1v) is 9.45. The molecule has 1 unspecified atom stereocenters. The van der Waals surface area contributed by atoms with E-state index in [2.05, 4.69) is 0 Å². The minimum atomic E-state index is -0.671. The number of benzene rings is 3. The molecular formula is C20H11Cl4NO2. The number of amides is 1. The molecular weight excluding hydrogens is 428 g/mol. The van der Waals surface area contributed by atoms with Gasteiger partial charge in [0.15, 0.2) is 0 Å². The summed E-state index contributed by atoms with van der Waals surface area (Å²) < 4.78 is 6.04. The normalized spacial score (nSPS) is 15.4. The van der Waals surface area contributed by atoms with Gasteiger partial charge in [0.2, 0.25) is 6.23 Å². The van der Waals surface area contributed by atoms with E-state index in [1.807, 2.05) is 12.1 Å². The fourth-order valence-corrected chi connectivity index (χ4v) is 3.71. The van der Waals surface area contributed by atoms with Crippen LogP contribution in [0.3, 0.4) is 0 Å².